The average molecular weight is 324 g/mol. The Hall–Kier alpha value is -2.66. The molecule has 5 nitrogen and oxygen atoms in total. The summed E-state index contributed by atoms with van der Waals surface area (Å²) in [6, 6.07) is 16.4. The Labute approximate surface area is 141 Å². The SMILES string of the molecule is CC1CN(C(=O)c2cccc(C(N)=O)c2)CC(c2ccccc2)O1. The third-order valence-electron chi connectivity index (χ3n) is 4.11. The standard InChI is InChI=1S/C19H20N2O3/c1-13-11-21(12-17(24-13)14-6-3-2-4-7-14)19(23)16-9-5-8-15(10-16)18(20)22/h2-10,13,17H,11-12H2,1H3,(H2,20,22). The predicted molar refractivity (Wildman–Crippen MR) is 90.6 cm³/mol. The lowest BCUT2D eigenvalue weighted by Crippen LogP contribution is -2.46. The highest BCUT2D eigenvalue weighted by atomic mass is 16.5. The first kappa shape index (κ1) is 16.2. The summed E-state index contributed by atoms with van der Waals surface area (Å²) in [6.07, 6.45) is -0.217. The molecular formula is C19H20N2O3. The van der Waals surface area contributed by atoms with Crippen molar-refractivity contribution in [1.82, 2.24) is 4.90 Å². The molecule has 1 saturated heterocycles. The van der Waals surface area contributed by atoms with Gasteiger partial charge in [0.15, 0.2) is 0 Å². The maximum atomic E-state index is 12.8. The summed E-state index contributed by atoms with van der Waals surface area (Å²) in [5, 5.41) is 0. The molecule has 1 heterocycles. The topological polar surface area (TPSA) is 72.6 Å². The second-order valence-corrected chi connectivity index (χ2v) is 6.00. The van der Waals surface area contributed by atoms with E-state index in [1.54, 1.807) is 29.2 Å². The van der Waals surface area contributed by atoms with Crippen LogP contribution in [0.1, 0.15) is 39.3 Å². The first-order valence-electron chi connectivity index (χ1n) is 7.94. The molecule has 2 amide bonds. The zero-order chi connectivity index (χ0) is 17.1. The Morgan fingerprint density at radius 2 is 1.75 bits per heavy atom. The van der Waals surface area contributed by atoms with E-state index in [1.807, 2.05) is 37.3 Å². The zero-order valence-electron chi connectivity index (χ0n) is 13.5. The molecular weight excluding hydrogens is 304 g/mol. The van der Waals surface area contributed by atoms with Gasteiger partial charge in [0.05, 0.1) is 12.6 Å². The number of carbonyl (C=O) groups is 2. The monoisotopic (exact) mass is 324 g/mol. The Kier molecular flexibility index (Phi) is 4.62. The van der Waals surface area contributed by atoms with E-state index in [1.165, 1.54) is 0 Å². The fourth-order valence-electron chi connectivity index (χ4n) is 2.96. The summed E-state index contributed by atoms with van der Waals surface area (Å²) < 4.78 is 5.98. The molecule has 3 rings (SSSR count). The van der Waals surface area contributed by atoms with Gasteiger partial charge in [-0.05, 0) is 30.7 Å². The van der Waals surface area contributed by atoms with Crippen molar-refractivity contribution in [2.45, 2.75) is 19.1 Å². The molecule has 0 aliphatic carbocycles. The van der Waals surface area contributed by atoms with Crippen LogP contribution in [0.25, 0.3) is 0 Å². The molecule has 0 radical (unpaired) electrons. The highest BCUT2D eigenvalue weighted by Gasteiger charge is 2.30. The Morgan fingerprint density at radius 3 is 2.46 bits per heavy atom. The van der Waals surface area contributed by atoms with Crippen LogP contribution in [0.15, 0.2) is 54.6 Å². The number of primary amides is 1. The van der Waals surface area contributed by atoms with Crippen molar-refractivity contribution in [1.29, 1.82) is 0 Å². The van der Waals surface area contributed by atoms with Crippen LogP contribution in [0.3, 0.4) is 0 Å². The van der Waals surface area contributed by atoms with Crippen LogP contribution in [-0.4, -0.2) is 35.9 Å². The number of morpholine rings is 1. The lowest BCUT2D eigenvalue weighted by Gasteiger charge is -2.37. The lowest BCUT2D eigenvalue weighted by molar-refractivity contribution is -0.0691. The van der Waals surface area contributed by atoms with Crippen molar-refractivity contribution in [3.63, 3.8) is 0 Å². The number of rotatable bonds is 3. The molecule has 2 aromatic carbocycles. The van der Waals surface area contributed by atoms with Gasteiger partial charge in [0.2, 0.25) is 5.91 Å². The number of nitrogens with two attached hydrogens (primary N) is 1. The van der Waals surface area contributed by atoms with E-state index in [0.717, 1.165) is 5.56 Å². The molecule has 2 aromatic rings. The highest BCUT2D eigenvalue weighted by Crippen LogP contribution is 2.26. The molecule has 1 aliphatic rings. The molecule has 5 heteroatoms. The van der Waals surface area contributed by atoms with Crippen molar-refractivity contribution in [2.24, 2.45) is 5.73 Å². The van der Waals surface area contributed by atoms with Gasteiger partial charge in [-0.3, -0.25) is 9.59 Å². The van der Waals surface area contributed by atoms with Crippen LogP contribution in [0.4, 0.5) is 0 Å². The van der Waals surface area contributed by atoms with Crippen LogP contribution in [-0.2, 0) is 4.74 Å². The summed E-state index contributed by atoms with van der Waals surface area (Å²) in [6.45, 7) is 2.95. The van der Waals surface area contributed by atoms with Gasteiger partial charge in [-0.1, -0.05) is 36.4 Å². The smallest absolute Gasteiger partial charge is 0.254 e. The van der Waals surface area contributed by atoms with Crippen LogP contribution >= 0.6 is 0 Å². The first-order chi connectivity index (χ1) is 11.5. The molecule has 0 aromatic heterocycles. The third kappa shape index (κ3) is 3.46. The molecule has 2 atom stereocenters. The number of amides is 2. The highest BCUT2D eigenvalue weighted by molar-refractivity contribution is 5.99. The van der Waals surface area contributed by atoms with Crippen LogP contribution in [0, 0.1) is 0 Å². The molecule has 2 N–H and O–H groups in total. The normalized spacial score (nSPS) is 20.6. The van der Waals surface area contributed by atoms with E-state index in [-0.39, 0.29) is 18.1 Å². The van der Waals surface area contributed by atoms with Crippen LogP contribution < -0.4 is 5.73 Å². The molecule has 0 spiro atoms. The summed E-state index contributed by atoms with van der Waals surface area (Å²) in [4.78, 5) is 25.9. The third-order valence-corrected chi connectivity index (χ3v) is 4.11. The lowest BCUT2D eigenvalue weighted by atomic mass is 10.0. The van der Waals surface area contributed by atoms with Crippen molar-refractivity contribution < 1.29 is 14.3 Å². The zero-order valence-corrected chi connectivity index (χ0v) is 13.5. The maximum absolute atomic E-state index is 12.8. The fraction of sp³-hybridized carbons (Fsp3) is 0.263. The number of hydrogen-bond acceptors (Lipinski definition) is 3. The van der Waals surface area contributed by atoms with E-state index < -0.39 is 5.91 Å². The minimum absolute atomic E-state index is 0.0628. The van der Waals surface area contributed by atoms with Crippen molar-refractivity contribution in [3.05, 3.63) is 71.3 Å². The van der Waals surface area contributed by atoms with Gasteiger partial charge in [0.25, 0.3) is 5.91 Å². The van der Waals surface area contributed by atoms with E-state index in [0.29, 0.717) is 24.2 Å². The van der Waals surface area contributed by atoms with Gasteiger partial charge >= 0.3 is 0 Å². The van der Waals surface area contributed by atoms with Gasteiger partial charge in [-0.15, -0.1) is 0 Å². The van der Waals surface area contributed by atoms with Gasteiger partial charge in [0.1, 0.15) is 6.10 Å². The van der Waals surface area contributed by atoms with E-state index in [2.05, 4.69) is 0 Å². The molecule has 1 aliphatic heterocycles. The molecule has 0 saturated carbocycles. The first-order valence-corrected chi connectivity index (χ1v) is 7.94. The maximum Gasteiger partial charge on any atom is 0.254 e. The molecule has 2 unspecified atom stereocenters. The number of ether oxygens (including phenoxy) is 1. The summed E-state index contributed by atoms with van der Waals surface area (Å²) >= 11 is 0. The summed E-state index contributed by atoms with van der Waals surface area (Å²) in [7, 11) is 0. The Morgan fingerprint density at radius 1 is 1.04 bits per heavy atom. The minimum atomic E-state index is -0.540. The van der Waals surface area contributed by atoms with E-state index in [4.69, 9.17) is 10.5 Å². The summed E-state index contributed by atoms with van der Waals surface area (Å²) in [5.41, 5.74) is 7.15. The number of benzene rings is 2. The predicted octanol–water partition coefficient (Wildman–Crippen LogP) is 2.39. The number of carbonyl (C=O) groups excluding carboxylic acids is 2. The Bertz CT molecular complexity index is 745. The van der Waals surface area contributed by atoms with Crippen LogP contribution in [0.2, 0.25) is 0 Å². The quantitative estimate of drug-likeness (QED) is 0.942. The Balaban J connectivity index is 1.81. The summed E-state index contributed by atoms with van der Waals surface area (Å²) in [5.74, 6) is -0.656. The molecule has 124 valence electrons. The second-order valence-electron chi connectivity index (χ2n) is 6.00. The van der Waals surface area contributed by atoms with Crippen molar-refractivity contribution in [2.75, 3.05) is 13.1 Å². The van der Waals surface area contributed by atoms with Gasteiger partial charge in [-0.25, -0.2) is 0 Å². The molecule has 1 fully saturated rings. The van der Waals surface area contributed by atoms with Gasteiger partial charge < -0.3 is 15.4 Å². The van der Waals surface area contributed by atoms with E-state index >= 15 is 0 Å². The van der Waals surface area contributed by atoms with Gasteiger partial charge in [0, 0.05) is 17.7 Å². The van der Waals surface area contributed by atoms with Crippen molar-refractivity contribution >= 4 is 11.8 Å². The number of hydrogen-bond donors (Lipinski definition) is 1. The van der Waals surface area contributed by atoms with Gasteiger partial charge in [-0.2, -0.15) is 0 Å². The van der Waals surface area contributed by atoms with Crippen molar-refractivity contribution in [3.8, 4) is 0 Å². The average Bonchev–Trinajstić information content (AvgIpc) is 2.61. The molecule has 24 heavy (non-hydrogen) atoms. The molecule has 0 bridgehead atoms. The fourth-order valence-corrected chi connectivity index (χ4v) is 2.96. The van der Waals surface area contributed by atoms with E-state index in [9.17, 15) is 9.59 Å². The number of nitrogens with zero attached hydrogens (tertiary/aromatic N) is 1. The minimum Gasteiger partial charge on any atom is -0.367 e. The second kappa shape index (κ2) is 6.84. The largest absolute Gasteiger partial charge is 0.367 e. The van der Waals surface area contributed by atoms with Crippen LogP contribution in [0.5, 0.6) is 0 Å².